The Morgan fingerprint density at radius 2 is 2.11 bits per heavy atom. The van der Waals surface area contributed by atoms with E-state index in [0.717, 1.165) is 0 Å². The maximum absolute atomic E-state index is 11.8. The van der Waals surface area contributed by atoms with Crippen molar-refractivity contribution in [1.82, 2.24) is 5.16 Å². The van der Waals surface area contributed by atoms with Gasteiger partial charge in [-0.1, -0.05) is 5.16 Å². The van der Waals surface area contributed by atoms with Gasteiger partial charge in [0.25, 0.3) is 5.91 Å². The van der Waals surface area contributed by atoms with E-state index in [4.69, 9.17) is 14.4 Å². The lowest BCUT2D eigenvalue weighted by molar-refractivity contribution is -0.122. The van der Waals surface area contributed by atoms with Gasteiger partial charge in [-0.3, -0.25) is 10.1 Å². The van der Waals surface area contributed by atoms with Gasteiger partial charge in [0.15, 0.2) is 6.10 Å². The minimum absolute atomic E-state index is 0.140. The van der Waals surface area contributed by atoms with Crippen LogP contribution in [-0.4, -0.2) is 22.3 Å². The van der Waals surface area contributed by atoms with Crippen LogP contribution in [0.1, 0.15) is 12.6 Å². The highest BCUT2D eigenvalue weighted by Crippen LogP contribution is 2.17. The van der Waals surface area contributed by atoms with Crippen LogP contribution in [-0.2, 0) is 4.79 Å². The predicted octanol–water partition coefficient (Wildman–Crippen LogP) is 2.09. The maximum Gasteiger partial charge on any atom is 0.267 e. The number of rotatable bonds is 4. The molecule has 19 heavy (non-hydrogen) atoms. The number of anilines is 1. The molecule has 1 atom stereocenters. The van der Waals surface area contributed by atoms with E-state index < -0.39 is 6.10 Å². The zero-order chi connectivity index (χ0) is 13.8. The number of phenols is 1. The minimum Gasteiger partial charge on any atom is -0.508 e. The molecule has 0 radical (unpaired) electrons. The molecule has 1 heterocycles. The Morgan fingerprint density at radius 3 is 2.68 bits per heavy atom. The number of nitrogens with zero attached hydrogens (tertiary/aromatic N) is 1. The molecule has 0 saturated carbocycles. The Labute approximate surface area is 110 Å². The molecule has 2 rings (SSSR count). The Morgan fingerprint density at radius 1 is 1.42 bits per heavy atom. The third-order valence-electron chi connectivity index (χ3n) is 2.39. The van der Waals surface area contributed by atoms with E-state index >= 15 is 0 Å². The molecular formula is C13H14N2O4. The molecule has 2 N–H and O–H groups in total. The number of nitrogens with one attached hydrogen (secondary N) is 1. The average molecular weight is 262 g/mol. The number of aryl methyl sites for hydroxylation is 1. The van der Waals surface area contributed by atoms with Crippen LogP contribution >= 0.6 is 0 Å². The lowest BCUT2D eigenvalue weighted by Gasteiger charge is -2.13. The first-order chi connectivity index (χ1) is 9.04. The third-order valence-corrected chi connectivity index (χ3v) is 2.39. The molecule has 0 aliphatic rings. The van der Waals surface area contributed by atoms with Crippen molar-refractivity contribution in [3.63, 3.8) is 0 Å². The fourth-order valence-corrected chi connectivity index (χ4v) is 1.43. The molecule has 0 bridgehead atoms. The van der Waals surface area contributed by atoms with Crippen LogP contribution in [0.4, 0.5) is 5.88 Å². The standard InChI is InChI=1S/C13H14N2O4/c1-8-7-12(19-15-8)14-13(17)9(2)18-11-5-3-10(16)4-6-11/h3-7,9,16H,1-2H3,(H,14,17). The second-order valence-corrected chi connectivity index (χ2v) is 4.08. The molecule has 1 aromatic heterocycles. The number of hydrogen-bond donors (Lipinski definition) is 2. The number of amides is 1. The highest BCUT2D eigenvalue weighted by atomic mass is 16.5. The van der Waals surface area contributed by atoms with Gasteiger partial charge in [-0.15, -0.1) is 0 Å². The van der Waals surface area contributed by atoms with Crippen LogP contribution in [0.25, 0.3) is 0 Å². The fraction of sp³-hybridized carbons (Fsp3) is 0.231. The molecule has 0 saturated heterocycles. The van der Waals surface area contributed by atoms with Gasteiger partial charge in [0.05, 0.1) is 5.69 Å². The number of hydrogen-bond acceptors (Lipinski definition) is 5. The number of ether oxygens (including phenoxy) is 1. The first-order valence-electron chi connectivity index (χ1n) is 5.74. The number of aromatic hydroxyl groups is 1. The summed E-state index contributed by atoms with van der Waals surface area (Å²) in [6.45, 7) is 3.38. The summed E-state index contributed by atoms with van der Waals surface area (Å²) < 4.78 is 10.3. The lowest BCUT2D eigenvalue weighted by Crippen LogP contribution is -2.29. The summed E-state index contributed by atoms with van der Waals surface area (Å²) >= 11 is 0. The van der Waals surface area contributed by atoms with Gasteiger partial charge >= 0.3 is 0 Å². The van der Waals surface area contributed by atoms with Gasteiger partial charge in [-0.05, 0) is 38.1 Å². The minimum atomic E-state index is -0.699. The van der Waals surface area contributed by atoms with Crippen LogP contribution in [0.2, 0.25) is 0 Å². The van der Waals surface area contributed by atoms with Gasteiger partial charge < -0.3 is 14.4 Å². The average Bonchev–Trinajstić information content (AvgIpc) is 2.77. The van der Waals surface area contributed by atoms with Crippen LogP contribution in [0.15, 0.2) is 34.9 Å². The smallest absolute Gasteiger partial charge is 0.267 e. The Kier molecular flexibility index (Phi) is 3.70. The molecule has 1 aromatic carbocycles. The van der Waals surface area contributed by atoms with Crippen LogP contribution in [0.3, 0.4) is 0 Å². The van der Waals surface area contributed by atoms with Gasteiger partial charge in [-0.25, -0.2) is 0 Å². The first-order valence-corrected chi connectivity index (χ1v) is 5.74. The molecule has 6 nitrogen and oxygen atoms in total. The molecule has 0 aliphatic carbocycles. The van der Waals surface area contributed by atoms with E-state index in [2.05, 4.69) is 10.5 Å². The Hall–Kier alpha value is -2.50. The van der Waals surface area contributed by atoms with Crippen molar-refractivity contribution in [2.24, 2.45) is 0 Å². The molecule has 100 valence electrons. The van der Waals surface area contributed by atoms with Crippen molar-refractivity contribution in [1.29, 1.82) is 0 Å². The maximum atomic E-state index is 11.8. The van der Waals surface area contributed by atoms with Gasteiger partial charge in [-0.2, -0.15) is 0 Å². The number of benzene rings is 1. The van der Waals surface area contributed by atoms with Crippen molar-refractivity contribution in [2.75, 3.05) is 5.32 Å². The number of aromatic nitrogens is 1. The monoisotopic (exact) mass is 262 g/mol. The molecule has 6 heteroatoms. The first kappa shape index (κ1) is 12.9. The Balaban J connectivity index is 1.94. The van der Waals surface area contributed by atoms with E-state index in [1.54, 1.807) is 32.0 Å². The summed E-state index contributed by atoms with van der Waals surface area (Å²) in [6, 6.07) is 7.75. The second-order valence-electron chi connectivity index (χ2n) is 4.08. The highest BCUT2D eigenvalue weighted by molar-refractivity contribution is 5.92. The van der Waals surface area contributed by atoms with E-state index in [9.17, 15) is 4.79 Å². The van der Waals surface area contributed by atoms with E-state index in [-0.39, 0.29) is 17.5 Å². The van der Waals surface area contributed by atoms with Gasteiger partial charge in [0.2, 0.25) is 5.88 Å². The van der Waals surface area contributed by atoms with E-state index in [0.29, 0.717) is 11.4 Å². The SMILES string of the molecule is Cc1cc(NC(=O)C(C)Oc2ccc(O)cc2)on1. The zero-order valence-corrected chi connectivity index (χ0v) is 10.6. The third kappa shape index (κ3) is 3.48. The molecule has 1 amide bonds. The number of carbonyl (C=O) groups is 1. The zero-order valence-electron chi connectivity index (χ0n) is 10.6. The summed E-state index contributed by atoms with van der Waals surface area (Å²) in [5.41, 5.74) is 0.683. The van der Waals surface area contributed by atoms with Gasteiger partial charge in [0.1, 0.15) is 11.5 Å². The molecule has 0 aliphatic heterocycles. The van der Waals surface area contributed by atoms with Crippen molar-refractivity contribution >= 4 is 11.8 Å². The van der Waals surface area contributed by atoms with Crippen LogP contribution in [0.5, 0.6) is 11.5 Å². The topological polar surface area (TPSA) is 84.6 Å². The second kappa shape index (κ2) is 5.43. The summed E-state index contributed by atoms with van der Waals surface area (Å²) in [5.74, 6) is 0.573. The van der Waals surface area contributed by atoms with Crippen molar-refractivity contribution in [2.45, 2.75) is 20.0 Å². The van der Waals surface area contributed by atoms with E-state index in [1.165, 1.54) is 12.1 Å². The van der Waals surface area contributed by atoms with Crippen LogP contribution in [0, 0.1) is 6.92 Å². The predicted molar refractivity (Wildman–Crippen MR) is 68.1 cm³/mol. The van der Waals surface area contributed by atoms with Crippen molar-refractivity contribution < 1.29 is 19.2 Å². The molecule has 1 unspecified atom stereocenters. The molecule has 2 aromatic rings. The number of phenolic OH excluding ortho intramolecular Hbond substituents is 1. The van der Waals surface area contributed by atoms with Crippen molar-refractivity contribution in [3.8, 4) is 11.5 Å². The summed E-state index contributed by atoms with van der Waals surface area (Å²) in [5, 5.41) is 15.4. The molecule has 0 spiro atoms. The Bertz CT molecular complexity index is 562. The normalized spacial score (nSPS) is 11.9. The summed E-state index contributed by atoms with van der Waals surface area (Å²) in [4.78, 5) is 11.8. The van der Waals surface area contributed by atoms with Gasteiger partial charge in [0, 0.05) is 6.07 Å². The molecule has 0 fully saturated rings. The summed E-state index contributed by atoms with van der Waals surface area (Å²) in [7, 11) is 0. The number of carbonyl (C=O) groups excluding carboxylic acids is 1. The fourth-order valence-electron chi connectivity index (χ4n) is 1.43. The highest BCUT2D eigenvalue weighted by Gasteiger charge is 2.16. The quantitative estimate of drug-likeness (QED) is 0.881. The van der Waals surface area contributed by atoms with Crippen LogP contribution < -0.4 is 10.1 Å². The summed E-state index contributed by atoms with van der Waals surface area (Å²) in [6.07, 6.45) is -0.699. The van der Waals surface area contributed by atoms with E-state index in [1.807, 2.05) is 0 Å². The molecular weight excluding hydrogens is 248 g/mol. The van der Waals surface area contributed by atoms with Crippen molar-refractivity contribution in [3.05, 3.63) is 36.0 Å². The largest absolute Gasteiger partial charge is 0.508 e. The lowest BCUT2D eigenvalue weighted by atomic mass is 10.3.